The molecule has 16 heteroatoms. The summed E-state index contributed by atoms with van der Waals surface area (Å²) in [5.41, 5.74) is 19.8. The third-order valence-electron chi connectivity index (χ3n) is 19.4. The summed E-state index contributed by atoms with van der Waals surface area (Å²) in [6, 6.07) is 67.3. The predicted octanol–water partition coefficient (Wildman–Crippen LogP) is 18.7. The number of benzene rings is 7. The van der Waals surface area contributed by atoms with E-state index in [-0.39, 0.29) is 24.7 Å². The van der Waals surface area contributed by atoms with Gasteiger partial charge in [-0.1, -0.05) is 115 Å². The largest absolute Gasteiger partial charge is 0.359 e. The molecule has 0 unspecified atom stereocenters. The number of aryl methyl sites for hydroxylation is 6. The SMILES string of the molecule is Cc1cc(C)c(C)c(N2C=CN(C)[C@@H]2C)c1.Cc1ccccc1N1c2ncccc2N(C)[C@@H]1C.Cc1ccccc1N1c2ncccc2N(c2ccccc2)[C@@H]1C.Cc1ccccc1N1c2nccnc2N(C)[C@@H]1C.Cc1ccccc1N1c2nccnc2N(c2ccccc2)[C@@H]1C. The minimum Gasteiger partial charge on any atom is -0.359 e. The number of hydrogen-bond donors (Lipinski definition) is 0. The van der Waals surface area contributed by atoms with E-state index in [9.17, 15) is 0 Å². The molecule has 0 fully saturated rings. The second-order valence-corrected chi connectivity index (χ2v) is 25.6. The minimum atomic E-state index is 0.107. The van der Waals surface area contributed by atoms with Gasteiger partial charge in [0.15, 0.2) is 34.9 Å². The fourth-order valence-corrected chi connectivity index (χ4v) is 13.7. The molecule has 5 aliphatic heterocycles. The Morgan fingerprint density at radius 3 is 1.10 bits per heavy atom. The molecular formula is C82H90N16. The van der Waals surface area contributed by atoms with Gasteiger partial charge in [-0.15, -0.1) is 0 Å². The van der Waals surface area contributed by atoms with Gasteiger partial charge in [-0.3, -0.25) is 0 Å². The number of para-hydroxylation sites is 6. The molecule has 0 aliphatic carbocycles. The van der Waals surface area contributed by atoms with E-state index < -0.39 is 0 Å². The second-order valence-electron chi connectivity index (χ2n) is 25.6. The van der Waals surface area contributed by atoms with Crippen molar-refractivity contribution in [3.63, 3.8) is 0 Å². The Hall–Kier alpha value is -11.3. The number of aromatic nitrogens is 6. The highest BCUT2D eigenvalue weighted by molar-refractivity contribution is 5.87. The van der Waals surface area contributed by atoms with E-state index in [0.29, 0.717) is 6.17 Å². The molecule has 0 saturated heterocycles. The van der Waals surface area contributed by atoms with Crippen molar-refractivity contribution in [1.82, 2.24) is 34.8 Å². The standard InChI is InChI=1S/C20H19N3.C19H18N4.C15H17N3.C14H16N4.C14H20N2/c1-15-9-6-7-12-18(15)23-16(2)22(17-10-4-3-5-11-17)19-13-8-14-21-20(19)23;1-14-8-6-7-11-17(14)23-15(2)22(16-9-4-3-5-10-16)18-19(23)21-13-12-20-18;1-11-7-4-5-8-13(11)18-12(2)17(3)14-9-6-10-16-15(14)18;1-10-6-4-5-7-12(10)18-11(2)17(3)13-14(18)16-9-8-15-13;1-10-8-11(2)12(3)14(9-10)16-7-6-15(5)13(16)4/h3-14,16H,1-2H3;3-13,15H,1-2H3;4-10,12H,1-3H3;4-9,11H,1-3H3;6-9,13H,1-5H3/t16-;15-;12-;11-;13-/m00000/s1. The molecule has 16 nitrogen and oxygen atoms in total. The number of nitrogens with zero attached hydrogens (tertiary/aromatic N) is 16. The van der Waals surface area contributed by atoms with Crippen LogP contribution in [0.2, 0.25) is 0 Å². The zero-order chi connectivity index (χ0) is 68.9. The van der Waals surface area contributed by atoms with Crippen molar-refractivity contribution in [3.05, 3.63) is 283 Å². The van der Waals surface area contributed by atoms with Gasteiger partial charge in [0.1, 0.15) is 30.8 Å². The fraction of sp³-hybridized carbons (Fsp3) is 0.244. The van der Waals surface area contributed by atoms with Gasteiger partial charge in [0.05, 0.1) is 11.4 Å². The van der Waals surface area contributed by atoms with Gasteiger partial charge in [-0.05, 0) is 201 Å². The predicted molar refractivity (Wildman–Crippen MR) is 407 cm³/mol. The molecule has 9 heterocycles. The molecule has 0 radical (unpaired) electrons. The molecule has 0 amide bonds. The normalized spacial score (nSPS) is 17.6. The maximum Gasteiger partial charge on any atom is 0.178 e. The number of hydrogen-bond acceptors (Lipinski definition) is 16. The number of fused-ring (bicyclic) bond motifs is 4. The average molecular weight is 1300 g/mol. The highest BCUT2D eigenvalue weighted by Gasteiger charge is 2.40. The van der Waals surface area contributed by atoms with Crippen molar-refractivity contribution in [2.24, 2.45) is 0 Å². The first kappa shape index (κ1) is 66.7. The molecule has 16 rings (SSSR count). The lowest BCUT2D eigenvalue weighted by molar-refractivity contribution is 0.383. The van der Waals surface area contributed by atoms with Crippen LogP contribution in [0, 0.1) is 48.5 Å². The topological polar surface area (TPSA) is 110 Å². The van der Waals surface area contributed by atoms with Crippen LogP contribution in [0.1, 0.15) is 73.6 Å². The van der Waals surface area contributed by atoms with Gasteiger partial charge >= 0.3 is 0 Å². The zero-order valence-corrected chi connectivity index (χ0v) is 59.1. The van der Waals surface area contributed by atoms with Crippen molar-refractivity contribution in [1.29, 1.82) is 0 Å². The van der Waals surface area contributed by atoms with Gasteiger partial charge in [-0.25, -0.2) is 29.9 Å². The molecule has 7 aromatic carbocycles. The van der Waals surface area contributed by atoms with Crippen LogP contribution in [-0.4, -0.2) is 86.8 Å². The second kappa shape index (κ2) is 29.0. The van der Waals surface area contributed by atoms with Crippen molar-refractivity contribution < 1.29 is 0 Å². The fourth-order valence-electron chi connectivity index (χ4n) is 13.7. The molecule has 11 aromatic rings. The molecule has 0 spiro atoms. The van der Waals surface area contributed by atoms with Crippen molar-refractivity contribution >= 4 is 86.1 Å². The Bertz CT molecular complexity index is 4340. The Morgan fingerprint density at radius 1 is 0.265 bits per heavy atom. The summed E-state index contributed by atoms with van der Waals surface area (Å²) in [5, 5.41) is 0. The van der Waals surface area contributed by atoms with E-state index >= 15 is 0 Å². The monoisotopic (exact) mass is 1300 g/mol. The summed E-state index contributed by atoms with van der Waals surface area (Å²) in [4.78, 5) is 49.9. The number of rotatable bonds is 7. The van der Waals surface area contributed by atoms with Crippen LogP contribution >= 0.6 is 0 Å². The Balaban J connectivity index is 0.000000117. The molecule has 0 bridgehead atoms. The van der Waals surface area contributed by atoms with Gasteiger partial charge < -0.3 is 49.0 Å². The zero-order valence-electron chi connectivity index (χ0n) is 59.1. The molecular weight excluding hydrogens is 1210 g/mol. The van der Waals surface area contributed by atoms with E-state index in [0.717, 1.165) is 46.3 Å². The third-order valence-corrected chi connectivity index (χ3v) is 19.4. The summed E-state index contributed by atoms with van der Waals surface area (Å²) in [6.45, 7) is 26.1. The van der Waals surface area contributed by atoms with Crippen molar-refractivity contribution in [2.45, 2.75) is 114 Å². The van der Waals surface area contributed by atoms with Gasteiger partial charge in [0.2, 0.25) is 0 Å². The molecule has 0 saturated carbocycles. The first-order valence-electron chi connectivity index (χ1n) is 33.8. The van der Waals surface area contributed by atoms with Gasteiger partial charge in [-0.2, -0.15) is 0 Å². The van der Waals surface area contributed by atoms with Crippen LogP contribution in [0.5, 0.6) is 0 Å². The van der Waals surface area contributed by atoms with Gasteiger partial charge in [0, 0.05) is 111 Å². The molecule has 5 aliphatic rings. The lowest BCUT2D eigenvalue weighted by Gasteiger charge is -2.30. The summed E-state index contributed by atoms with van der Waals surface area (Å²) >= 11 is 0. The van der Waals surface area contributed by atoms with Crippen LogP contribution < -0.4 is 44.1 Å². The lowest BCUT2D eigenvalue weighted by atomic mass is 10.0. The summed E-state index contributed by atoms with van der Waals surface area (Å²) in [7, 11) is 6.28. The van der Waals surface area contributed by atoms with E-state index in [1.807, 2.05) is 36.7 Å². The quantitative estimate of drug-likeness (QED) is 0.151. The maximum absolute atomic E-state index is 4.67. The summed E-state index contributed by atoms with van der Waals surface area (Å²) in [6.07, 6.45) is 16.2. The van der Waals surface area contributed by atoms with Crippen LogP contribution in [-0.2, 0) is 0 Å². The minimum absolute atomic E-state index is 0.107. The highest BCUT2D eigenvalue weighted by Crippen LogP contribution is 2.49. The highest BCUT2D eigenvalue weighted by atomic mass is 15.5. The smallest absolute Gasteiger partial charge is 0.178 e. The van der Waals surface area contributed by atoms with E-state index in [1.165, 1.54) is 78.8 Å². The average Bonchev–Trinajstić information content (AvgIpc) is 1.63. The lowest BCUT2D eigenvalue weighted by Crippen LogP contribution is -2.36. The molecule has 0 N–H and O–H groups in total. The van der Waals surface area contributed by atoms with E-state index in [2.05, 4.69) is 365 Å². The Kier molecular flexibility index (Phi) is 19.7. The number of anilines is 15. The van der Waals surface area contributed by atoms with Crippen molar-refractivity contribution in [3.8, 4) is 0 Å². The van der Waals surface area contributed by atoms with Gasteiger partial charge in [0.25, 0.3) is 0 Å². The van der Waals surface area contributed by atoms with Crippen molar-refractivity contribution in [2.75, 3.05) is 65.2 Å². The maximum atomic E-state index is 4.67. The van der Waals surface area contributed by atoms with E-state index in [1.54, 1.807) is 24.8 Å². The van der Waals surface area contributed by atoms with Crippen LogP contribution in [0.4, 0.5) is 86.1 Å². The third kappa shape index (κ3) is 13.0. The molecule has 5 atom stereocenters. The van der Waals surface area contributed by atoms with E-state index in [4.69, 9.17) is 0 Å². The molecule has 4 aromatic heterocycles. The Morgan fingerprint density at radius 2 is 0.622 bits per heavy atom. The first-order valence-corrected chi connectivity index (χ1v) is 33.8. The van der Waals surface area contributed by atoms with Crippen LogP contribution in [0.15, 0.2) is 244 Å². The number of pyridine rings is 2. The van der Waals surface area contributed by atoms with Crippen LogP contribution in [0.3, 0.4) is 0 Å². The first-order chi connectivity index (χ1) is 47.4. The Labute approximate surface area is 579 Å². The molecule has 498 valence electrons. The summed E-state index contributed by atoms with van der Waals surface area (Å²) < 4.78 is 0. The molecule has 98 heavy (non-hydrogen) atoms. The van der Waals surface area contributed by atoms with Crippen LogP contribution in [0.25, 0.3) is 0 Å². The summed E-state index contributed by atoms with van der Waals surface area (Å²) in [5.74, 6) is 5.72.